The van der Waals surface area contributed by atoms with Crippen LogP contribution in [-0.2, 0) is 19.0 Å². The molecule has 4 heteroatoms. The second-order valence-corrected chi connectivity index (χ2v) is 4.38. The highest BCUT2D eigenvalue weighted by Crippen LogP contribution is 2.41. The van der Waals surface area contributed by atoms with Gasteiger partial charge in [0.15, 0.2) is 5.79 Å². The van der Waals surface area contributed by atoms with Crippen LogP contribution in [0.3, 0.4) is 0 Å². The van der Waals surface area contributed by atoms with Crippen LogP contribution in [0, 0.1) is 5.92 Å². The molecule has 0 saturated carbocycles. The third kappa shape index (κ3) is 0.980. The van der Waals surface area contributed by atoms with Crippen LogP contribution in [0.15, 0.2) is 12.2 Å². The van der Waals surface area contributed by atoms with Gasteiger partial charge in [-0.15, -0.1) is 0 Å². The first kappa shape index (κ1) is 8.44. The van der Waals surface area contributed by atoms with Crippen molar-refractivity contribution < 1.29 is 19.0 Å². The molecule has 0 aromatic rings. The average Bonchev–Trinajstić information content (AvgIpc) is 2.41. The Morgan fingerprint density at radius 1 is 1.21 bits per heavy atom. The van der Waals surface area contributed by atoms with Gasteiger partial charge in [-0.1, -0.05) is 6.08 Å². The molecule has 1 aliphatic carbocycles. The molecular formula is C10H12O4. The Balaban J connectivity index is 1.97. The maximum atomic E-state index is 11.4. The van der Waals surface area contributed by atoms with Gasteiger partial charge in [0.2, 0.25) is 0 Å². The van der Waals surface area contributed by atoms with Crippen molar-refractivity contribution in [3.63, 3.8) is 0 Å². The normalized spacial score (nSPS) is 47.7. The molecule has 0 amide bonds. The summed E-state index contributed by atoms with van der Waals surface area (Å²) < 4.78 is 16.5. The van der Waals surface area contributed by atoms with Crippen molar-refractivity contribution in [2.45, 2.75) is 37.9 Å². The van der Waals surface area contributed by atoms with Crippen LogP contribution in [0.1, 0.15) is 13.8 Å². The highest BCUT2D eigenvalue weighted by atomic mass is 16.8. The van der Waals surface area contributed by atoms with E-state index in [-0.39, 0.29) is 30.2 Å². The number of hydrogen-bond donors (Lipinski definition) is 0. The molecule has 0 aromatic carbocycles. The molecule has 4 aliphatic rings. The smallest absolute Gasteiger partial charge is 0.316 e. The van der Waals surface area contributed by atoms with E-state index in [1.54, 1.807) is 0 Å². The minimum Gasteiger partial charge on any atom is -0.455 e. The number of ether oxygens (including phenoxy) is 3. The monoisotopic (exact) mass is 196 g/mol. The predicted octanol–water partition coefficient (Wildman–Crippen LogP) is 0.618. The van der Waals surface area contributed by atoms with Crippen LogP contribution in [0.2, 0.25) is 0 Å². The van der Waals surface area contributed by atoms with E-state index < -0.39 is 5.79 Å². The summed E-state index contributed by atoms with van der Waals surface area (Å²) in [6, 6.07) is 0. The van der Waals surface area contributed by atoms with Crippen molar-refractivity contribution in [2.24, 2.45) is 5.92 Å². The van der Waals surface area contributed by atoms with E-state index in [0.29, 0.717) is 0 Å². The van der Waals surface area contributed by atoms with Gasteiger partial charge in [0.25, 0.3) is 0 Å². The van der Waals surface area contributed by atoms with E-state index in [0.717, 1.165) is 0 Å². The van der Waals surface area contributed by atoms with Crippen LogP contribution in [0.5, 0.6) is 0 Å². The number of rotatable bonds is 0. The second kappa shape index (κ2) is 2.38. The first-order chi connectivity index (χ1) is 6.57. The SMILES string of the molecule is CC1(C)OC2C3C=CC(C(=O)O3)C2O1. The summed E-state index contributed by atoms with van der Waals surface area (Å²) in [6.07, 6.45) is 3.19. The van der Waals surface area contributed by atoms with Crippen molar-refractivity contribution in [2.75, 3.05) is 0 Å². The molecule has 4 unspecified atom stereocenters. The predicted molar refractivity (Wildman–Crippen MR) is 46.3 cm³/mol. The van der Waals surface area contributed by atoms with Crippen molar-refractivity contribution >= 4 is 5.97 Å². The van der Waals surface area contributed by atoms with Crippen LogP contribution in [0.4, 0.5) is 0 Å². The maximum Gasteiger partial charge on any atom is 0.316 e. The molecule has 2 bridgehead atoms. The summed E-state index contributed by atoms with van der Waals surface area (Å²) in [5.74, 6) is -1.09. The summed E-state index contributed by atoms with van der Waals surface area (Å²) in [7, 11) is 0. The Bertz CT molecular complexity index is 320. The van der Waals surface area contributed by atoms with E-state index in [2.05, 4.69) is 0 Å². The topological polar surface area (TPSA) is 44.8 Å². The summed E-state index contributed by atoms with van der Waals surface area (Å²) in [5.41, 5.74) is 0. The van der Waals surface area contributed by atoms with Crippen LogP contribution in [0.25, 0.3) is 0 Å². The van der Waals surface area contributed by atoms with Crippen molar-refractivity contribution in [1.82, 2.24) is 0 Å². The summed E-state index contributed by atoms with van der Waals surface area (Å²) in [5, 5.41) is 0. The Labute approximate surface area is 81.8 Å². The largest absolute Gasteiger partial charge is 0.455 e. The minimum atomic E-state index is -0.605. The molecule has 0 aromatic heterocycles. The fourth-order valence-electron chi connectivity index (χ4n) is 2.33. The van der Waals surface area contributed by atoms with Crippen LogP contribution < -0.4 is 0 Å². The molecule has 2 fully saturated rings. The fraction of sp³-hybridized carbons (Fsp3) is 0.700. The molecule has 0 radical (unpaired) electrons. The standard InChI is InChI=1S/C10H12O4/c1-10(2)13-7-5-3-4-6(8(7)14-10)12-9(5)11/h3-8H,1-2H3. The Hall–Kier alpha value is -0.870. The third-order valence-electron chi connectivity index (χ3n) is 2.87. The maximum absolute atomic E-state index is 11.4. The van der Waals surface area contributed by atoms with Crippen molar-refractivity contribution in [3.8, 4) is 0 Å². The number of carbonyl (C=O) groups is 1. The lowest BCUT2D eigenvalue weighted by Crippen LogP contribution is -2.52. The number of esters is 1. The van der Waals surface area contributed by atoms with E-state index in [9.17, 15) is 4.79 Å². The zero-order chi connectivity index (χ0) is 9.92. The first-order valence-corrected chi connectivity index (χ1v) is 4.81. The average molecular weight is 196 g/mol. The molecule has 0 spiro atoms. The van der Waals surface area contributed by atoms with Gasteiger partial charge < -0.3 is 14.2 Å². The van der Waals surface area contributed by atoms with E-state index >= 15 is 0 Å². The molecule has 14 heavy (non-hydrogen) atoms. The molecule has 3 heterocycles. The summed E-state index contributed by atoms with van der Waals surface area (Å²) in [6.45, 7) is 3.71. The van der Waals surface area contributed by atoms with Gasteiger partial charge in [-0.3, -0.25) is 4.79 Å². The number of hydrogen-bond acceptors (Lipinski definition) is 4. The Morgan fingerprint density at radius 2 is 1.93 bits per heavy atom. The highest BCUT2D eigenvalue weighted by Gasteiger charge is 2.56. The van der Waals surface area contributed by atoms with Gasteiger partial charge in [-0.05, 0) is 19.9 Å². The first-order valence-electron chi connectivity index (χ1n) is 4.81. The molecular weight excluding hydrogens is 184 g/mol. The van der Waals surface area contributed by atoms with Gasteiger partial charge in [0, 0.05) is 0 Å². The minimum absolute atomic E-state index is 0.127. The number of fused-ring (bicyclic) bond motifs is 1. The molecule has 76 valence electrons. The van der Waals surface area contributed by atoms with Gasteiger partial charge in [0.05, 0.1) is 0 Å². The van der Waals surface area contributed by atoms with Crippen molar-refractivity contribution in [3.05, 3.63) is 12.2 Å². The molecule has 0 N–H and O–H groups in total. The number of carbonyl (C=O) groups excluding carboxylic acids is 1. The molecule has 4 rings (SSSR count). The molecule has 2 saturated heterocycles. The lowest BCUT2D eigenvalue weighted by Gasteiger charge is -2.37. The zero-order valence-electron chi connectivity index (χ0n) is 8.10. The Kier molecular flexibility index (Phi) is 1.43. The van der Waals surface area contributed by atoms with Gasteiger partial charge >= 0.3 is 5.97 Å². The summed E-state index contributed by atoms with van der Waals surface area (Å²) >= 11 is 0. The highest BCUT2D eigenvalue weighted by molar-refractivity contribution is 5.78. The van der Waals surface area contributed by atoms with E-state index in [1.165, 1.54) is 0 Å². The molecule has 4 nitrogen and oxygen atoms in total. The van der Waals surface area contributed by atoms with E-state index in [1.807, 2.05) is 26.0 Å². The van der Waals surface area contributed by atoms with Gasteiger partial charge in [0.1, 0.15) is 24.2 Å². The molecule has 3 aliphatic heterocycles. The third-order valence-corrected chi connectivity index (χ3v) is 2.87. The van der Waals surface area contributed by atoms with Crippen LogP contribution in [-0.4, -0.2) is 30.1 Å². The van der Waals surface area contributed by atoms with Crippen molar-refractivity contribution in [1.29, 1.82) is 0 Å². The molecule has 4 atom stereocenters. The van der Waals surface area contributed by atoms with Gasteiger partial charge in [-0.25, -0.2) is 0 Å². The lowest BCUT2D eigenvalue weighted by molar-refractivity contribution is -0.171. The van der Waals surface area contributed by atoms with Gasteiger partial charge in [-0.2, -0.15) is 0 Å². The fourth-order valence-corrected chi connectivity index (χ4v) is 2.33. The van der Waals surface area contributed by atoms with E-state index in [4.69, 9.17) is 14.2 Å². The second-order valence-electron chi connectivity index (χ2n) is 4.38. The van der Waals surface area contributed by atoms with Crippen LogP contribution >= 0.6 is 0 Å². The summed E-state index contributed by atoms with van der Waals surface area (Å²) in [4.78, 5) is 11.4. The zero-order valence-corrected chi connectivity index (χ0v) is 8.10. The quantitative estimate of drug-likeness (QED) is 0.421. The Morgan fingerprint density at radius 3 is 2.64 bits per heavy atom. The lowest BCUT2D eigenvalue weighted by atomic mass is 9.86.